The van der Waals surface area contributed by atoms with Crippen LogP contribution in [0.1, 0.15) is 54.1 Å². The van der Waals surface area contributed by atoms with Crippen molar-refractivity contribution in [3.05, 3.63) is 65.2 Å². The van der Waals surface area contributed by atoms with Gasteiger partial charge in [0.2, 0.25) is 5.91 Å². The molecule has 0 spiro atoms. The summed E-state index contributed by atoms with van der Waals surface area (Å²) < 4.78 is 0. The number of aryl methyl sites for hydroxylation is 1. The Balaban J connectivity index is 1.89. The monoisotopic (exact) mass is 321 g/mol. The van der Waals surface area contributed by atoms with Crippen LogP contribution in [0.3, 0.4) is 0 Å². The highest BCUT2D eigenvalue weighted by molar-refractivity contribution is 6.01. The minimum atomic E-state index is -0.458. The molecule has 0 aliphatic heterocycles. The fraction of sp³-hybridized carbons (Fsp3) is 0.333. The zero-order chi connectivity index (χ0) is 17.2. The van der Waals surface area contributed by atoms with Crippen molar-refractivity contribution in [2.75, 3.05) is 5.32 Å². The summed E-state index contributed by atoms with van der Waals surface area (Å²) in [5, 5.41) is 3.04. The fourth-order valence-electron chi connectivity index (χ4n) is 3.56. The maximum atomic E-state index is 13.1. The number of rotatable bonds is 4. The molecule has 1 amide bonds. The third-order valence-corrected chi connectivity index (χ3v) is 5.02. The second-order valence-electron chi connectivity index (χ2n) is 6.75. The Labute approximate surface area is 143 Å². The van der Waals surface area contributed by atoms with Gasteiger partial charge in [0.1, 0.15) is 0 Å². The third-order valence-electron chi connectivity index (χ3n) is 5.02. The van der Waals surface area contributed by atoms with Gasteiger partial charge < -0.3 is 5.32 Å². The summed E-state index contributed by atoms with van der Waals surface area (Å²) in [6.07, 6.45) is 3.87. The zero-order valence-corrected chi connectivity index (χ0v) is 14.3. The lowest BCUT2D eigenvalue weighted by Gasteiger charge is -2.28. The van der Waals surface area contributed by atoms with Crippen LogP contribution in [-0.2, 0) is 10.2 Å². The molecule has 0 saturated heterocycles. The molecule has 0 heterocycles. The van der Waals surface area contributed by atoms with Gasteiger partial charge in [0.05, 0.1) is 5.41 Å². The summed E-state index contributed by atoms with van der Waals surface area (Å²) in [6.45, 7) is 3.59. The largest absolute Gasteiger partial charge is 0.325 e. The molecule has 2 aromatic carbocycles. The molecule has 0 unspecified atom stereocenters. The highest BCUT2D eigenvalue weighted by Crippen LogP contribution is 2.42. The van der Waals surface area contributed by atoms with Crippen LogP contribution in [0, 0.1) is 6.92 Å². The molecule has 3 heteroatoms. The molecule has 2 aromatic rings. The van der Waals surface area contributed by atoms with Crippen LogP contribution in [-0.4, -0.2) is 11.7 Å². The van der Waals surface area contributed by atoms with Gasteiger partial charge in [-0.15, -0.1) is 0 Å². The van der Waals surface area contributed by atoms with Crippen molar-refractivity contribution in [2.24, 2.45) is 0 Å². The van der Waals surface area contributed by atoms with Crippen LogP contribution in [0.25, 0.3) is 0 Å². The molecule has 124 valence electrons. The molecule has 0 bridgehead atoms. The zero-order valence-electron chi connectivity index (χ0n) is 14.3. The number of nitrogens with one attached hydrogen (secondary N) is 1. The van der Waals surface area contributed by atoms with Crippen molar-refractivity contribution in [1.29, 1.82) is 0 Å². The Morgan fingerprint density at radius 3 is 2.29 bits per heavy atom. The van der Waals surface area contributed by atoms with Gasteiger partial charge in [-0.05, 0) is 44.4 Å². The molecule has 0 atom stereocenters. The second-order valence-corrected chi connectivity index (χ2v) is 6.75. The summed E-state index contributed by atoms with van der Waals surface area (Å²) in [6, 6.07) is 15.4. The van der Waals surface area contributed by atoms with Gasteiger partial charge >= 0.3 is 0 Å². The lowest BCUT2D eigenvalue weighted by molar-refractivity contribution is -0.121. The van der Waals surface area contributed by atoms with Gasteiger partial charge in [0.25, 0.3) is 0 Å². The number of anilines is 1. The molecule has 1 N–H and O–H groups in total. The van der Waals surface area contributed by atoms with Gasteiger partial charge in [-0.2, -0.15) is 0 Å². The number of benzene rings is 2. The van der Waals surface area contributed by atoms with E-state index in [0.717, 1.165) is 31.2 Å². The Morgan fingerprint density at radius 1 is 1.00 bits per heavy atom. The molecule has 1 fully saturated rings. The summed E-state index contributed by atoms with van der Waals surface area (Å²) in [7, 11) is 0. The Hall–Kier alpha value is -2.42. The second kappa shape index (κ2) is 6.60. The van der Waals surface area contributed by atoms with E-state index in [9.17, 15) is 9.59 Å². The van der Waals surface area contributed by atoms with Crippen molar-refractivity contribution >= 4 is 17.4 Å². The lowest BCUT2D eigenvalue weighted by Crippen LogP contribution is -2.38. The van der Waals surface area contributed by atoms with E-state index in [-0.39, 0.29) is 11.7 Å². The summed E-state index contributed by atoms with van der Waals surface area (Å²) >= 11 is 0. The number of Topliss-reactive ketones (excluding diaryl/α,β-unsaturated/α-hetero) is 1. The minimum absolute atomic E-state index is 0.000197. The average Bonchev–Trinajstić information content (AvgIpc) is 3.07. The first-order valence-electron chi connectivity index (χ1n) is 8.51. The van der Waals surface area contributed by atoms with Gasteiger partial charge in [-0.3, -0.25) is 9.59 Å². The highest BCUT2D eigenvalue weighted by atomic mass is 16.2. The normalized spacial score (nSPS) is 15.9. The Morgan fingerprint density at radius 2 is 1.67 bits per heavy atom. The number of ketones is 1. The molecular weight excluding hydrogens is 298 g/mol. The number of carbonyl (C=O) groups is 2. The summed E-state index contributed by atoms with van der Waals surface area (Å²) in [5.74, 6) is 0.0322. The van der Waals surface area contributed by atoms with Gasteiger partial charge in [0.15, 0.2) is 5.78 Å². The molecule has 0 aromatic heterocycles. The van der Waals surface area contributed by atoms with Crippen molar-refractivity contribution < 1.29 is 9.59 Å². The number of hydrogen-bond donors (Lipinski definition) is 1. The first-order chi connectivity index (χ1) is 11.5. The third kappa shape index (κ3) is 3.12. The van der Waals surface area contributed by atoms with Crippen molar-refractivity contribution in [3.8, 4) is 0 Å². The summed E-state index contributed by atoms with van der Waals surface area (Å²) in [5.41, 5.74) is 3.13. The summed E-state index contributed by atoms with van der Waals surface area (Å²) in [4.78, 5) is 24.7. The van der Waals surface area contributed by atoms with Gasteiger partial charge in [-0.25, -0.2) is 0 Å². The quantitative estimate of drug-likeness (QED) is 0.833. The molecule has 1 aliphatic carbocycles. The van der Waals surface area contributed by atoms with E-state index in [1.165, 1.54) is 12.5 Å². The van der Waals surface area contributed by atoms with Crippen LogP contribution in [0.15, 0.2) is 48.5 Å². The Bertz CT molecular complexity index is 756. The van der Waals surface area contributed by atoms with Gasteiger partial charge in [0, 0.05) is 11.3 Å². The number of carbonyl (C=O) groups excluding carboxylic acids is 2. The lowest BCUT2D eigenvalue weighted by atomic mass is 9.77. The van der Waals surface area contributed by atoms with E-state index in [2.05, 4.69) is 36.5 Å². The average molecular weight is 321 g/mol. The molecule has 0 radical (unpaired) electrons. The first-order valence-corrected chi connectivity index (χ1v) is 8.51. The van der Waals surface area contributed by atoms with Crippen LogP contribution >= 0.6 is 0 Å². The number of hydrogen-bond acceptors (Lipinski definition) is 2. The highest BCUT2D eigenvalue weighted by Gasteiger charge is 2.42. The van der Waals surface area contributed by atoms with Crippen LogP contribution < -0.4 is 5.32 Å². The molecule has 1 aliphatic rings. The van der Waals surface area contributed by atoms with Crippen molar-refractivity contribution in [3.63, 3.8) is 0 Å². The Kier molecular flexibility index (Phi) is 4.52. The molecule has 1 saturated carbocycles. The SMILES string of the molecule is CC(=O)c1cccc(NC(=O)C2(c3ccc(C)cc3)CCCC2)c1. The van der Waals surface area contributed by atoms with Gasteiger partial charge in [-0.1, -0.05) is 54.8 Å². The van der Waals surface area contributed by atoms with Crippen molar-refractivity contribution in [1.82, 2.24) is 0 Å². The fourth-order valence-corrected chi connectivity index (χ4v) is 3.56. The van der Waals surface area contributed by atoms with Crippen molar-refractivity contribution in [2.45, 2.75) is 44.9 Å². The molecule has 3 rings (SSSR count). The topological polar surface area (TPSA) is 46.2 Å². The van der Waals surface area contributed by atoms with Crippen LogP contribution in [0.5, 0.6) is 0 Å². The van der Waals surface area contributed by atoms with Crippen LogP contribution in [0.2, 0.25) is 0 Å². The molecule has 24 heavy (non-hydrogen) atoms. The molecular formula is C21H23NO2. The smallest absolute Gasteiger partial charge is 0.235 e. The predicted octanol–water partition coefficient (Wildman–Crippen LogP) is 4.65. The minimum Gasteiger partial charge on any atom is -0.325 e. The maximum Gasteiger partial charge on any atom is 0.235 e. The first kappa shape index (κ1) is 16.4. The molecule has 3 nitrogen and oxygen atoms in total. The number of amides is 1. The van der Waals surface area contributed by atoms with E-state index < -0.39 is 5.41 Å². The predicted molar refractivity (Wildman–Crippen MR) is 96.4 cm³/mol. The van der Waals surface area contributed by atoms with E-state index in [1.807, 2.05) is 6.07 Å². The maximum absolute atomic E-state index is 13.1. The van der Waals surface area contributed by atoms with E-state index in [0.29, 0.717) is 11.3 Å². The van der Waals surface area contributed by atoms with Crippen LogP contribution in [0.4, 0.5) is 5.69 Å². The van der Waals surface area contributed by atoms with E-state index in [1.54, 1.807) is 18.2 Å². The van der Waals surface area contributed by atoms with E-state index >= 15 is 0 Å². The van der Waals surface area contributed by atoms with E-state index in [4.69, 9.17) is 0 Å². The standard InChI is InChI=1S/C21H23NO2/c1-15-8-10-18(11-9-15)21(12-3-4-13-21)20(24)22-19-7-5-6-17(14-19)16(2)23/h5-11,14H,3-4,12-13H2,1-2H3,(H,22,24).